The van der Waals surface area contributed by atoms with E-state index in [0.717, 1.165) is 25.9 Å². The second kappa shape index (κ2) is 7.25. The standard InChI is InChI=1S/C12H16FN3O2.ClH/c13-10-2-1-3-11(16(17)18)12(10)15-8-9-4-6-14-7-5-9;/h1-3,9,14-15H,4-8H2;1H. The Bertz CT molecular complexity index is 439. The van der Waals surface area contributed by atoms with Crippen molar-refractivity contribution < 1.29 is 9.31 Å². The molecule has 0 saturated carbocycles. The lowest BCUT2D eigenvalue weighted by atomic mass is 9.98. The average Bonchev–Trinajstić information content (AvgIpc) is 2.38. The van der Waals surface area contributed by atoms with Gasteiger partial charge in [-0.2, -0.15) is 0 Å². The zero-order chi connectivity index (χ0) is 13.0. The van der Waals surface area contributed by atoms with Crippen LogP contribution in [-0.4, -0.2) is 24.6 Å². The van der Waals surface area contributed by atoms with E-state index in [-0.39, 0.29) is 23.8 Å². The summed E-state index contributed by atoms with van der Waals surface area (Å²) < 4.78 is 13.6. The van der Waals surface area contributed by atoms with Crippen LogP contribution in [0.15, 0.2) is 18.2 Å². The fraction of sp³-hybridized carbons (Fsp3) is 0.500. The number of nitro benzene ring substituents is 1. The second-order valence-corrected chi connectivity index (χ2v) is 4.47. The lowest BCUT2D eigenvalue weighted by molar-refractivity contribution is -0.384. The molecule has 0 aromatic heterocycles. The lowest BCUT2D eigenvalue weighted by Gasteiger charge is -2.23. The molecule has 1 aromatic rings. The largest absolute Gasteiger partial charge is 0.377 e. The van der Waals surface area contributed by atoms with Crippen LogP contribution in [0.25, 0.3) is 0 Å². The molecule has 5 nitrogen and oxygen atoms in total. The molecule has 0 radical (unpaired) electrons. The van der Waals surface area contributed by atoms with Crippen LogP contribution in [-0.2, 0) is 0 Å². The highest BCUT2D eigenvalue weighted by Gasteiger charge is 2.19. The number of nitro groups is 1. The number of para-hydroxylation sites is 1. The van der Waals surface area contributed by atoms with Crippen LogP contribution >= 0.6 is 12.4 Å². The van der Waals surface area contributed by atoms with Crippen molar-refractivity contribution in [1.29, 1.82) is 0 Å². The maximum Gasteiger partial charge on any atom is 0.295 e. The van der Waals surface area contributed by atoms with Gasteiger partial charge in [-0.3, -0.25) is 10.1 Å². The zero-order valence-corrected chi connectivity index (χ0v) is 11.2. The van der Waals surface area contributed by atoms with E-state index in [1.165, 1.54) is 18.2 Å². The number of anilines is 1. The summed E-state index contributed by atoms with van der Waals surface area (Å²) >= 11 is 0. The number of nitrogens with one attached hydrogen (secondary N) is 2. The third-order valence-corrected chi connectivity index (χ3v) is 3.21. The Morgan fingerprint density at radius 3 is 2.74 bits per heavy atom. The number of hydrogen-bond acceptors (Lipinski definition) is 4. The molecule has 2 rings (SSSR count). The molecule has 1 aliphatic heterocycles. The van der Waals surface area contributed by atoms with Crippen molar-refractivity contribution in [3.05, 3.63) is 34.1 Å². The molecular weight excluding hydrogens is 273 g/mol. The van der Waals surface area contributed by atoms with Gasteiger partial charge in [0.25, 0.3) is 5.69 Å². The third kappa shape index (κ3) is 4.04. The van der Waals surface area contributed by atoms with E-state index in [9.17, 15) is 14.5 Å². The first-order valence-electron chi connectivity index (χ1n) is 6.06. The summed E-state index contributed by atoms with van der Waals surface area (Å²) in [7, 11) is 0. The smallest absolute Gasteiger partial charge is 0.295 e. The van der Waals surface area contributed by atoms with E-state index in [2.05, 4.69) is 10.6 Å². The minimum absolute atomic E-state index is 0. The van der Waals surface area contributed by atoms with Crippen molar-refractivity contribution in [2.24, 2.45) is 5.92 Å². The van der Waals surface area contributed by atoms with Gasteiger partial charge in [-0.15, -0.1) is 12.4 Å². The SMILES string of the molecule is Cl.O=[N+]([O-])c1cccc(F)c1NCC1CCNCC1. The Balaban J connectivity index is 0.00000180. The molecule has 1 aromatic carbocycles. The molecule has 0 spiro atoms. The molecule has 1 saturated heterocycles. The van der Waals surface area contributed by atoms with Crippen LogP contribution in [0, 0.1) is 21.8 Å². The number of hydrogen-bond donors (Lipinski definition) is 2. The highest BCUT2D eigenvalue weighted by atomic mass is 35.5. The van der Waals surface area contributed by atoms with E-state index < -0.39 is 10.7 Å². The van der Waals surface area contributed by atoms with E-state index in [1.807, 2.05) is 0 Å². The maximum absolute atomic E-state index is 13.6. The maximum atomic E-state index is 13.6. The molecule has 1 heterocycles. The molecule has 0 aliphatic carbocycles. The number of nitrogens with zero attached hydrogens (tertiary/aromatic N) is 1. The summed E-state index contributed by atoms with van der Waals surface area (Å²) in [5.41, 5.74) is -0.204. The van der Waals surface area contributed by atoms with Crippen molar-refractivity contribution >= 4 is 23.8 Å². The Morgan fingerprint density at radius 2 is 2.11 bits per heavy atom. The number of benzene rings is 1. The summed E-state index contributed by atoms with van der Waals surface area (Å²) in [6, 6.07) is 3.90. The van der Waals surface area contributed by atoms with Gasteiger partial charge in [-0.05, 0) is 37.9 Å². The minimum atomic E-state index is -0.571. The summed E-state index contributed by atoms with van der Waals surface area (Å²) in [4.78, 5) is 10.3. The Hall–Kier alpha value is -1.40. The highest BCUT2D eigenvalue weighted by molar-refractivity contribution is 5.85. The highest BCUT2D eigenvalue weighted by Crippen LogP contribution is 2.27. The van der Waals surface area contributed by atoms with Crippen LogP contribution in [0.1, 0.15) is 12.8 Å². The van der Waals surface area contributed by atoms with Gasteiger partial charge in [-0.25, -0.2) is 4.39 Å². The number of halogens is 2. The number of piperidine rings is 1. The molecule has 0 bridgehead atoms. The molecule has 0 atom stereocenters. The van der Waals surface area contributed by atoms with Crippen molar-refractivity contribution in [2.45, 2.75) is 12.8 Å². The molecule has 7 heteroatoms. The Kier molecular flexibility index (Phi) is 5.98. The summed E-state index contributed by atoms with van der Waals surface area (Å²) in [5.74, 6) is -0.136. The second-order valence-electron chi connectivity index (χ2n) is 4.47. The predicted octanol–water partition coefficient (Wildman–Crippen LogP) is 2.57. The van der Waals surface area contributed by atoms with Gasteiger partial charge >= 0.3 is 0 Å². The Labute approximate surface area is 117 Å². The predicted molar refractivity (Wildman–Crippen MR) is 74.4 cm³/mol. The molecule has 0 unspecified atom stereocenters. The summed E-state index contributed by atoms with van der Waals surface area (Å²) in [6.07, 6.45) is 2.02. The van der Waals surface area contributed by atoms with E-state index in [0.29, 0.717) is 12.5 Å². The fourth-order valence-corrected chi connectivity index (χ4v) is 2.17. The molecule has 19 heavy (non-hydrogen) atoms. The lowest BCUT2D eigenvalue weighted by Crippen LogP contribution is -2.31. The van der Waals surface area contributed by atoms with Gasteiger partial charge in [-0.1, -0.05) is 6.07 Å². The molecule has 1 aliphatic rings. The fourth-order valence-electron chi connectivity index (χ4n) is 2.17. The van der Waals surface area contributed by atoms with Crippen molar-refractivity contribution in [3.8, 4) is 0 Å². The minimum Gasteiger partial charge on any atom is -0.377 e. The van der Waals surface area contributed by atoms with Gasteiger partial charge in [0.05, 0.1) is 4.92 Å². The van der Waals surface area contributed by atoms with Gasteiger partial charge in [0.1, 0.15) is 5.69 Å². The molecule has 2 N–H and O–H groups in total. The quantitative estimate of drug-likeness (QED) is 0.660. The molecular formula is C12H17ClFN3O2. The van der Waals surface area contributed by atoms with Gasteiger partial charge < -0.3 is 10.6 Å². The third-order valence-electron chi connectivity index (χ3n) is 3.21. The van der Waals surface area contributed by atoms with Crippen LogP contribution < -0.4 is 10.6 Å². The zero-order valence-electron chi connectivity index (χ0n) is 10.4. The molecule has 0 amide bonds. The first-order chi connectivity index (χ1) is 8.68. The van der Waals surface area contributed by atoms with Gasteiger partial charge in [0, 0.05) is 12.6 Å². The van der Waals surface area contributed by atoms with E-state index in [1.54, 1.807) is 0 Å². The van der Waals surface area contributed by atoms with Crippen LogP contribution in [0.2, 0.25) is 0 Å². The summed E-state index contributed by atoms with van der Waals surface area (Å²) in [5, 5.41) is 16.9. The Morgan fingerprint density at radius 1 is 1.42 bits per heavy atom. The topological polar surface area (TPSA) is 67.2 Å². The summed E-state index contributed by atoms with van der Waals surface area (Å²) in [6.45, 7) is 2.47. The van der Waals surface area contributed by atoms with Crippen molar-refractivity contribution in [3.63, 3.8) is 0 Å². The van der Waals surface area contributed by atoms with Gasteiger partial charge in [0.15, 0.2) is 5.82 Å². The molecule has 1 fully saturated rings. The average molecular weight is 290 g/mol. The van der Waals surface area contributed by atoms with Crippen LogP contribution in [0.3, 0.4) is 0 Å². The normalized spacial score (nSPS) is 15.6. The van der Waals surface area contributed by atoms with Crippen molar-refractivity contribution in [1.82, 2.24) is 5.32 Å². The van der Waals surface area contributed by atoms with E-state index in [4.69, 9.17) is 0 Å². The monoisotopic (exact) mass is 289 g/mol. The first-order valence-corrected chi connectivity index (χ1v) is 6.06. The van der Waals surface area contributed by atoms with Crippen LogP contribution in [0.5, 0.6) is 0 Å². The van der Waals surface area contributed by atoms with Gasteiger partial charge in [0.2, 0.25) is 0 Å². The first kappa shape index (κ1) is 15.7. The van der Waals surface area contributed by atoms with Crippen molar-refractivity contribution in [2.75, 3.05) is 25.0 Å². The molecule has 106 valence electrons. The van der Waals surface area contributed by atoms with Crippen LogP contribution in [0.4, 0.5) is 15.8 Å². The van der Waals surface area contributed by atoms with E-state index >= 15 is 0 Å². The number of rotatable bonds is 4.